The summed E-state index contributed by atoms with van der Waals surface area (Å²) in [4.78, 5) is 27.9. The average Bonchev–Trinajstić information content (AvgIpc) is 2.44. The van der Waals surface area contributed by atoms with E-state index in [1.165, 1.54) is 24.3 Å². The quantitative estimate of drug-likeness (QED) is 0.824. The van der Waals surface area contributed by atoms with E-state index in [9.17, 15) is 14.0 Å². The second-order valence-corrected chi connectivity index (χ2v) is 5.32. The number of carbonyl (C=O) groups is 1. The van der Waals surface area contributed by atoms with E-state index in [-0.39, 0.29) is 22.4 Å². The molecular formula is C15H12ClFN2O2. The number of rotatable bonds is 1. The summed E-state index contributed by atoms with van der Waals surface area (Å²) in [5.41, 5.74) is 1.28. The maximum atomic E-state index is 13.3. The first-order chi connectivity index (χ1) is 10.0. The van der Waals surface area contributed by atoms with Crippen molar-refractivity contribution in [1.82, 2.24) is 4.98 Å². The number of benzene rings is 1. The minimum absolute atomic E-state index is 0.113. The molecule has 0 radical (unpaired) electrons. The third-order valence-corrected chi connectivity index (χ3v) is 3.67. The highest BCUT2D eigenvalue weighted by Crippen LogP contribution is 2.29. The molecule has 1 amide bonds. The van der Waals surface area contributed by atoms with Crippen LogP contribution in [0.3, 0.4) is 0 Å². The molecule has 0 aliphatic carbocycles. The Morgan fingerprint density at radius 2 is 2.10 bits per heavy atom. The van der Waals surface area contributed by atoms with Crippen LogP contribution in [0.2, 0.25) is 5.15 Å². The first-order valence-corrected chi connectivity index (χ1v) is 6.92. The molecule has 0 unspecified atom stereocenters. The van der Waals surface area contributed by atoms with Crippen LogP contribution in [-0.2, 0) is 6.42 Å². The number of nitrogens with zero attached hydrogens (tertiary/aromatic N) is 1. The number of fused-ring (bicyclic) bond motifs is 1. The molecule has 6 heteroatoms. The van der Waals surface area contributed by atoms with Gasteiger partial charge in [-0.25, -0.2) is 4.39 Å². The summed E-state index contributed by atoms with van der Waals surface area (Å²) in [7, 11) is 0. The van der Waals surface area contributed by atoms with Crippen molar-refractivity contribution >= 4 is 23.2 Å². The molecule has 0 fully saturated rings. The van der Waals surface area contributed by atoms with E-state index >= 15 is 0 Å². The second kappa shape index (κ2) is 5.33. The Bertz CT molecular complexity index is 773. The highest BCUT2D eigenvalue weighted by molar-refractivity contribution is 6.29. The first kappa shape index (κ1) is 13.8. The average molecular weight is 307 g/mol. The Balaban J connectivity index is 2.02. The first-order valence-electron chi connectivity index (χ1n) is 6.55. The van der Waals surface area contributed by atoms with Crippen molar-refractivity contribution in [2.75, 3.05) is 11.4 Å². The summed E-state index contributed by atoms with van der Waals surface area (Å²) >= 11 is 5.78. The van der Waals surface area contributed by atoms with Gasteiger partial charge in [-0.15, -0.1) is 0 Å². The van der Waals surface area contributed by atoms with E-state index in [4.69, 9.17) is 11.6 Å². The molecule has 0 bridgehead atoms. The number of aromatic amines is 1. The lowest BCUT2D eigenvalue weighted by Gasteiger charge is -2.29. The molecule has 1 aromatic carbocycles. The van der Waals surface area contributed by atoms with Gasteiger partial charge >= 0.3 is 0 Å². The van der Waals surface area contributed by atoms with E-state index in [1.54, 1.807) is 11.0 Å². The second-order valence-electron chi connectivity index (χ2n) is 4.91. The van der Waals surface area contributed by atoms with Crippen molar-refractivity contribution in [1.29, 1.82) is 0 Å². The van der Waals surface area contributed by atoms with Crippen molar-refractivity contribution in [2.45, 2.75) is 12.8 Å². The van der Waals surface area contributed by atoms with Crippen molar-refractivity contribution < 1.29 is 9.18 Å². The largest absolute Gasteiger partial charge is 0.313 e. The SMILES string of the molecule is O=C(c1cc(Cl)[nH]c(=O)c1)N1CCCc2cc(F)ccc21. The van der Waals surface area contributed by atoms with E-state index < -0.39 is 5.56 Å². The number of anilines is 1. The Morgan fingerprint density at radius 1 is 1.29 bits per heavy atom. The van der Waals surface area contributed by atoms with Crippen LogP contribution in [0.15, 0.2) is 35.1 Å². The number of halogens is 2. The van der Waals surface area contributed by atoms with Gasteiger partial charge in [-0.3, -0.25) is 9.59 Å². The summed E-state index contributed by atoms with van der Waals surface area (Å²) in [5, 5.41) is 0.113. The third-order valence-electron chi connectivity index (χ3n) is 3.46. The van der Waals surface area contributed by atoms with Crippen LogP contribution in [0.4, 0.5) is 10.1 Å². The molecule has 21 heavy (non-hydrogen) atoms. The molecule has 0 saturated heterocycles. The maximum absolute atomic E-state index is 13.3. The number of amides is 1. The highest BCUT2D eigenvalue weighted by Gasteiger charge is 2.24. The number of nitrogens with one attached hydrogen (secondary N) is 1. The number of H-pyrrole nitrogens is 1. The van der Waals surface area contributed by atoms with Crippen LogP contribution < -0.4 is 10.5 Å². The van der Waals surface area contributed by atoms with Gasteiger partial charge in [0.15, 0.2) is 0 Å². The van der Waals surface area contributed by atoms with Gasteiger partial charge in [0.25, 0.3) is 5.91 Å². The molecule has 108 valence electrons. The van der Waals surface area contributed by atoms with Gasteiger partial charge in [-0.1, -0.05) is 11.6 Å². The zero-order valence-corrected chi connectivity index (χ0v) is 11.8. The van der Waals surface area contributed by atoms with Crippen LogP contribution in [0, 0.1) is 5.82 Å². The standard InChI is InChI=1S/C15H12ClFN2O2/c16-13-7-10(8-14(20)18-13)15(21)19-5-1-2-9-6-11(17)3-4-12(9)19/h3-4,6-8H,1-2,5H2,(H,18,20). The fourth-order valence-electron chi connectivity index (χ4n) is 2.57. The van der Waals surface area contributed by atoms with E-state index in [0.717, 1.165) is 18.4 Å². The van der Waals surface area contributed by atoms with Crippen LogP contribution in [-0.4, -0.2) is 17.4 Å². The fourth-order valence-corrected chi connectivity index (χ4v) is 2.78. The van der Waals surface area contributed by atoms with Crippen LogP contribution in [0.5, 0.6) is 0 Å². The molecule has 2 aromatic rings. The Morgan fingerprint density at radius 3 is 2.86 bits per heavy atom. The molecule has 0 saturated carbocycles. The van der Waals surface area contributed by atoms with Crippen molar-refractivity contribution in [3.8, 4) is 0 Å². The van der Waals surface area contributed by atoms with Crippen molar-refractivity contribution in [3.05, 3.63) is 62.8 Å². The van der Waals surface area contributed by atoms with Crippen LogP contribution >= 0.6 is 11.6 Å². The molecule has 1 aliphatic heterocycles. The van der Waals surface area contributed by atoms with Gasteiger partial charge in [0.1, 0.15) is 11.0 Å². The molecule has 3 rings (SSSR count). The minimum atomic E-state index is -0.429. The number of aromatic nitrogens is 1. The normalized spacial score (nSPS) is 13.9. The van der Waals surface area contributed by atoms with E-state index in [2.05, 4.69) is 4.98 Å². The van der Waals surface area contributed by atoms with Gasteiger partial charge in [0.2, 0.25) is 5.56 Å². The number of carbonyl (C=O) groups excluding carboxylic acids is 1. The van der Waals surface area contributed by atoms with Gasteiger partial charge in [0, 0.05) is 23.9 Å². The summed E-state index contributed by atoms with van der Waals surface area (Å²) in [5.74, 6) is -0.627. The monoisotopic (exact) mass is 306 g/mol. The summed E-state index contributed by atoms with van der Waals surface area (Å²) < 4.78 is 13.3. The lowest BCUT2D eigenvalue weighted by atomic mass is 10.0. The molecule has 0 atom stereocenters. The molecule has 1 aliphatic rings. The summed E-state index contributed by atoms with van der Waals surface area (Å²) in [6.07, 6.45) is 1.48. The van der Waals surface area contributed by atoms with Crippen molar-refractivity contribution in [2.24, 2.45) is 0 Å². The Labute approximate surface area is 125 Å². The number of pyridine rings is 1. The van der Waals surface area contributed by atoms with Crippen molar-refractivity contribution in [3.63, 3.8) is 0 Å². The van der Waals surface area contributed by atoms with Gasteiger partial charge in [0.05, 0.1) is 0 Å². The zero-order valence-electron chi connectivity index (χ0n) is 11.0. The molecule has 2 heterocycles. The van der Waals surface area contributed by atoms with Crippen LogP contribution in [0.1, 0.15) is 22.3 Å². The fraction of sp³-hybridized carbons (Fsp3) is 0.200. The van der Waals surface area contributed by atoms with Gasteiger partial charge in [-0.05, 0) is 42.7 Å². The van der Waals surface area contributed by atoms with Gasteiger partial charge < -0.3 is 9.88 Å². The molecule has 1 N–H and O–H groups in total. The maximum Gasteiger partial charge on any atom is 0.258 e. The van der Waals surface area contributed by atoms with Crippen LogP contribution in [0.25, 0.3) is 0 Å². The Kier molecular flexibility index (Phi) is 3.51. The predicted octanol–water partition coefficient (Wildman–Crippen LogP) is 2.76. The topological polar surface area (TPSA) is 53.2 Å². The smallest absolute Gasteiger partial charge is 0.258 e. The predicted molar refractivity (Wildman–Crippen MR) is 78.5 cm³/mol. The van der Waals surface area contributed by atoms with Gasteiger partial charge in [-0.2, -0.15) is 0 Å². The highest BCUT2D eigenvalue weighted by atomic mass is 35.5. The van der Waals surface area contributed by atoms with E-state index in [1.807, 2.05) is 0 Å². The Hall–Kier alpha value is -2.14. The lowest BCUT2D eigenvalue weighted by molar-refractivity contribution is 0.0985. The molecule has 0 spiro atoms. The lowest BCUT2D eigenvalue weighted by Crippen LogP contribution is -2.36. The summed E-state index contributed by atoms with van der Waals surface area (Å²) in [6.45, 7) is 0.530. The third kappa shape index (κ3) is 2.69. The zero-order chi connectivity index (χ0) is 15.0. The molecule has 4 nitrogen and oxygen atoms in total. The van der Waals surface area contributed by atoms with E-state index in [0.29, 0.717) is 12.2 Å². The minimum Gasteiger partial charge on any atom is -0.313 e. The number of hydrogen-bond acceptors (Lipinski definition) is 2. The number of aryl methyl sites for hydroxylation is 1. The summed E-state index contributed by atoms with van der Waals surface area (Å²) in [6, 6.07) is 7.00. The molecule has 1 aromatic heterocycles. The molecular weight excluding hydrogens is 295 g/mol. The number of hydrogen-bond donors (Lipinski definition) is 1.